The number of nitrogens with zero attached hydrogens (tertiary/aromatic N) is 1. The summed E-state index contributed by atoms with van der Waals surface area (Å²) in [5.41, 5.74) is 3.64. The average Bonchev–Trinajstić information content (AvgIpc) is 2.53. The maximum Gasteiger partial charge on any atom is 0.120 e. The van der Waals surface area contributed by atoms with E-state index in [1.807, 2.05) is 18.2 Å². The molecule has 2 aromatic rings. The van der Waals surface area contributed by atoms with Crippen LogP contribution in [0.1, 0.15) is 36.0 Å². The van der Waals surface area contributed by atoms with Crippen LogP contribution in [-0.2, 0) is 13.0 Å². The van der Waals surface area contributed by atoms with Crippen LogP contribution in [0.25, 0.3) is 0 Å². The van der Waals surface area contributed by atoms with E-state index in [4.69, 9.17) is 0 Å². The molecule has 0 saturated carbocycles. The largest absolute Gasteiger partial charge is 0.508 e. The third-order valence-electron chi connectivity index (χ3n) is 4.24. The second-order valence-electron chi connectivity index (χ2n) is 5.96. The van der Waals surface area contributed by atoms with Crippen LogP contribution in [0.5, 0.6) is 5.75 Å². The van der Waals surface area contributed by atoms with Gasteiger partial charge >= 0.3 is 0 Å². The Morgan fingerprint density at radius 1 is 0.864 bits per heavy atom. The fraction of sp³-hybridized carbons (Fsp3) is 0.368. The summed E-state index contributed by atoms with van der Waals surface area (Å²) in [6.07, 6.45) is 4.83. The van der Waals surface area contributed by atoms with E-state index in [-0.39, 0.29) is 12.4 Å². The monoisotopic (exact) mass is 317 g/mol. The van der Waals surface area contributed by atoms with Gasteiger partial charge < -0.3 is 5.11 Å². The zero-order valence-electron chi connectivity index (χ0n) is 12.9. The maximum atomic E-state index is 10.1. The molecule has 1 heterocycles. The number of piperidine rings is 1. The Morgan fingerprint density at radius 2 is 1.59 bits per heavy atom. The van der Waals surface area contributed by atoms with E-state index in [1.165, 1.54) is 30.4 Å². The summed E-state index contributed by atoms with van der Waals surface area (Å²) in [6.45, 7) is 3.18. The highest BCUT2D eigenvalue weighted by Crippen LogP contribution is 2.23. The second kappa shape index (κ2) is 8.21. The molecule has 1 fully saturated rings. The number of hydrogen-bond acceptors (Lipinski definition) is 2. The fourth-order valence-corrected chi connectivity index (χ4v) is 3.07. The van der Waals surface area contributed by atoms with E-state index >= 15 is 0 Å². The van der Waals surface area contributed by atoms with Crippen molar-refractivity contribution in [1.82, 2.24) is 4.90 Å². The molecule has 22 heavy (non-hydrogen) atoms. The van der Waals surface area contributed by atoms with Gasteiger partial charge in [-0.2, -0.15) is 0 Å². The minimum Gasteiger partial charge on any atom is -0.508 e. The first-order chi connectivity index (χ1) is 10.3. The molecule has 1 N–H and O–H groups in total. The second-order valence-corrected chi connectivity index (χ2v) is 5.96. The van der Waals surface area contributed by atoms with Gasteiger partial charge in [-0.15, -0.1) is 12.4 Å². The number of rotatable bonds is 4. The van der Waals surface area contributed by atoms with Gasteiger partial charge in [0.15, 0.2) is 0 Å². The van der Waals surface area contributed by atoms with Gasteiger partial charge in [0.2, 0.25) is 0 Å². The maximum absolute atomic E-state index is 10.1. The van der Waals surface area contributed by atoms with Crippen molar-refractivity contribution in [1.29, 1.82) is 0 Å². The van der Waals surface area contributed by atoms with Crippen molar-refractivity contribution in [3.8, 4) is 5.75 Å². The zero-order valence-corrected chi connectivity index (χ0v) is 13.7. The number of phenolic OH excluding ortho intramolecular Hbond substituents is 1. The van der Waals surface area contributed by atoms with Gasteiger partial charge in [-0.3, -0.25) is 4.90 Å². The molecule has 0 aliphatic carbocycles. The van der Waals surface area contributed by atoms with Gasteiger partial charge in [0.05, 0.1) is 0 Å². The summed E-state index contributed by atoms with van der Waals surface area (Å²) in [4.78, 5) is 2.45. The molecule has 2 nitrogen and oxygen atoms in total. The summed E-state index contributed by atoms with van der Waals surface area (Å²) in [5, 5.41) is 10.1. The number of benzene rings is 2. The van der Waals surface area contributed by atoms with Gasteiger partial charge in [0.1, 0.15) is 5.75 Å². The molecule has 3 rings (SSSR count). The Balaban J connectivity index is 0.00000176. The quantitative estimate of drug-likeness (QED) is 0.904. The van der Waals surface area contributed by atoms with E-state index in [0.717, 1.165) is 31.6 Å². The smallest absolute Gasteiger partial charge is 0.120 e. The van der Waals surface area contributed by atoms with Crippen LogP contribution in [0.2, 0.25) is 0 Å². The van der Waals surface area contributed by atoms with Crippen molar-refractivity contribution in [2.75, 3.05) is 13.1 Å². The van der Waals surface area contributed by atoms with Crippen LogP contribution < -0.4 is 0 Å². The van der Waals surface area contributed by atoms with Gasteiger partial charge in [-0.05, 0) is 49.5 Å². The molecule has 2 aromatic carbocycles. The Bertz CT molecular complexity index is 579. The van der Waals surface area contributed by atoms with Crippen LogP contribution >= 0.6 is 12.4 Å². The van der Waals surface area contributed by atoms with E-state index in [1.54, 1.807) is 0 Å². The van der Waals surface area contributed by atoms with Crippen LogP contribution in [0, 0.1) is 0 Å². The summed E-state index contributed by atoms with van der Waals surface area (Å²) in [5.74, 6) is 0.428. The van der Waals surface area contributed by atoms with E-state index in [0.29, 0.717) is 5.75 Å². The molecule has 1 saturated heterocycles. The summed E-state index contributed by atoms with van der Waals surface area (Å²) >= 11 is 0. The van der Waals surface area contributed by atoms with Gasteiger partial charge in [-0.25, -0.2) is 0 Å². The van der Waals surface area contributed by atoms with Gasteiger partial charge in [-0.1, -0.05) is 48.9 Å². The molecular formula is C19H24ClNO. The lowest BCUT2D eigenvalue weighted by Gasteiger charge is -2.26. The molecule has 1 aliphatic rings. The highest BCUT2D eigenvalue weighted by atomic mass is 35.5. The molecule has 0 amide bonds. The molecule has 0 spiro atoms. The minimum absolute atomic E-state index is 0. The molecule has 3 heteroatoms. The lowest BCUT2D eigenvalue weighted by atomic mass is 10.0. The molecule has 0 radical (unpaired) electrons. The number of likely N-dealkylation sites (tertiary alicyclic amines) is 1. The van der Waals surface area contributed by atoms with Gasteiger partial charge in [0, 0.05) is 12.1 Å². The minimum atomic E-state index is 0. The summed E-state index contributed by atoms with van der Waals surface area (Å²) in [6, 6.07) is 16.5. The number of phenols is 1. The standard InChI is InChI=1S/C19H23NO.ClH/c21-19-10-9-17(13-16-7-3-1-4-8-16)14-18(19)15-20-11-5-2-6-12-20;/h1,3-4,7-10,14,21H,2,5-6,11-13,15H2;1H. The van der Waals surface area contributed by atoms with Crippen LogP contribution in [0.3, 0.4) is 0 Å². The third kappa shape index (κ3) is 4.49. The van der Waals surface area contributed by atoms with Crippen molar-refractivity contribution in [2.24, 2.45) is 0 Å². The Hall–Kier alpha value is -1.51. The van der Waals surface area contributed by atoms with Crippen molar-refractivity contribution in [3.05, 3.63) is 65.2 Å². The Morgan fingerprint density at radius 3 is 2.32 bits per heavy atom. The van der Waals surface area contributed by atoms with Crippen LogP contribution in [0.4, 0.5) is 0 Å². The van der Waals surface area contributed by atoms with Crippen LogP contribution in [-0.4, -0.2) is 23.1 Å². The third-order valence-corrected chi connectivity index (χ3v) is 4.24. The topological polar surface area (TPSA) is 23.5 Å². The molecule has 118 valence electrons. The first kappa shape index (κ1) is 16.9. The highest BCUT2D eigenvalue weighted by molar-refractivity contribution is 5.85. The van der Waals surface area contributed by atoms with E-state index < -0.39 is 0 Å². The van der Waals surface area contributed by atoms with E-state index in [9.17, 15) is 5.11 Å². The molecule has 0 bridgehead atoms. The molecule has 0 aromatic heterocycles. The number of halogens is 1. The predicted octanol–water partition coefficient (Wildman–Crippen LogP) is 4.39. The Kier molecular flexibility index (Phi) is 6.29. The summed E-state index contributed by atoms with van der Waals surface area (Å²) in [7, 11) is 0. The SMILES string of the molecule is Cl.Oc1ccc(Cc2ccccc2)cc1CN1CCCCC1. The molecule has 0 atom stereocenters. The Labute approximate surface area is 139 Å². The first-order valence-electron chi connectivity index (χ1n) is 7.88. The molecule has 1 aliphatic heterocycles. The highest BCUT2D eigenvalue weighted by Gasteiger charge is 2.13. The first-order valence-corrected chi connectivity index (χ1v) is 7.88. The van der Waals surface area contributed by atoms with E-state index in [2.05, 4.69) is 35.2 Å². The van der Waals surface area contributed by atoms with Gasteiger partial charge in [0.25, 0.3) is 0 Å². The zero-order chi connectivity index (χ0) is 14.5. The van der Waals surface area contributed by atoms with Crippen molar-refractivity contribution in [3.63, 3.8) is 0 Å². The normalized spacial score (nSPS) is 15.3. The average molecular weight is 318 g/mol. The lowest BCUT2D eigenvalue weighted by molar-refractivity contribution is 0.218. The fourth-order valence-electron chi connectivity index (χ4n) is 3.07. The van der Waals surface area contributed by atoms with Crippen molar-refractivity contribution < 1.29 is 5.11 Å². The summed E-state index contributed by atoms with van der Waals surface area (Å²) < 4.78 is 0. The van der Waals surface area contributed by atoms with Crippen LogP contribution in [0.15, 0.2) is 48.5 Å². The number of hydrogen-bond donors (Lipinski definition) is 1. The van der Waals surface area contributed by atoms with Crippen molar-refractivity contribution >= 4 is 12.4 Å². The predicted molar refractivity (Wildman–Crippen MR) is 93.7 cm³/mol. The number of aromatic hydroxyl groups is 1. The molecule has 0 unspecified atom stereocenters. The lowest BCUT2D eigenvalue weighted by Crippen LogP contribution is -2.29. The molecular weight excluding hydrogens is 294 g/mol. The van der Waals surface area contributed by atoms with Crippen molar-refractivity contribution in [2.45, 2.75) is 32.2 Å².